The van der Waals surface area contributed by atoms with Crippen LogP contribution in [0.1, 0.15) is 31.5 Å². The van der Waals surface area contributed by atoms with E-state index in [9.17, 15) is 4.79 Å². The van der Waals surface area contributed by atoms with E-state index in [1.807, 2.05) is 25.1 Å². The van der Waals surface area contributed by atoms with Crippen molar-refractivity contribution in [3.05, 3.63) is 39.7 Å². The number of nitrogens with zero attached hydrogens (tertiary/aromatic N) is 2. The molecule has 1 aliphatic rings. The highest BCUT2D eigenvalue weighted by Crippen LogP contribution is 2.19. The number of aromatic nitrogens is 1. The van der Waals surface area contributed by atoms with Gasteiger partial charge >= 0.3 is 0 Å². The summed E-state index contributed by atoms with van der Waals surface area (Å²) < 4.78 is 5.69. The van der Waals surface area contributed by atoms with E-state index >= 15 is 0 Å². The molecule has 136 valence electrons. The van der Waals surface area contributed by atoms with E-state index in [0.29, 0.717) is 13.2 Å². The van der Waals surface area contributed by atoms with Crippen LogP contribution in [0.15, 0.2) is 23.0 Å². The zero-order valence-electron chi connectivity index (χ0n) is 15.6. The first-order chi connectivity index (χ1) is 12.1. The van der Waals surface area contributed by atoms with Crippen LogP contribution < -0.4 is 10.2 Å². The molecule has 3 rings (SSSR count). The number of benzene rings is 1. The standard InChI is InChI=1S/C20H29N3O2/c1-4-12-25-16-6-7-19-17(13-16)20(24)18(15(3)21-19)14-23-10-8-22(5-2)9-11-23/h6-7,13H,4-5,8-12,14H2,1-3H3,(H,21,24). The van der Waals surface area contributed by atoms with Crippen LogP contribution in [0.3, 0.4) is 0 Å². The summed E-state index contributed by atoms with van der Waals surface area (Å²) in [7, 11) is 0. The first-order valence-corrected chi connectivity index (χ1v) is 9.35. The van der Waals surface area contributed by atoms with Crippen molar-refractivity contribution in [2.75, 3.05) is 39.3 Å². The Kier molecular flexibility index (Phi) is 5.76. The molecule has 0 unspecified atom stereocenters. The first kappa shape index (κ1) is 18.0. The summed E-state index contributed by atoms with van der Waals surface area (Å²) in [5.41, 5.74) is 2.86. The summed E-state index contributed by atoms with van der Waals surface area (Å²) >= 11 is 0. The molecule has 25 heavy (non-hydrogen) atoms. The van der Waals surface area contributed by atoms with Crippen LogP contribution >= 0.6 is 0 Å². The van der Waals surface area contributed by atoms with Gasteiger partial charge in [0.15, 0.2) is 5.43 Å². The number of aromatic amines is 1. The highest BCUT2D eigenvalue weighted by atomic mass is 16.5. The zero-order valence-corrected chi connectivity index (χ0v) is 15.6. The van der Waals surface area contributed by atoms with Gasteiger partial charge in [-0.15, -0.1) is 0 Å². The average Bonchev–Trinajstić information content (AvgIpc) is 2.64. The second kappa shape index (κ2) is 8.02. The van der Waals surface area contributed by atoms with E-state index in [1.165, 1.54) is 0 Å². The summed E-state index contributed by atoms with van der Waals surface area (Å²) in [5.74, 6) is 0.770. The predicted molar refractivity (Wildman–Crippen MR) is 102 cm³/mol. The van der Waals surface area contributed by atoms with Crippen molar-refractivity contribution in [1.29, 1.82) is 0 Å². The Labute approximate surface area is 149 Å². The minimum absolute atomic E-state index is 0.131. The van der Waals surface area contributed by atoms with Gasteiger partial charge in [-0.2, -0.15) is 0 Å². The molecule has 1 saturated heterocycles. The molecule has 0 aliphatic carbocycles. The third-order valence-electron chi connectivity index (χ3n) is 5.05. The molecule has 0 spiro atoms. The third-order valence-corrected chi connectivity index (χ3v) is 5.05. The molecule has 1 fully saturated rings. The van der Waals surface area contributed by atoms with E-state index in [4.69, 9.17) is 4.74 Å². The van der Waals surface area contributed by atoms with Crippen molar-refractivity contribution in [3.8, 4) is 5.75 Å². The van der Waals surface area contributed by atoms with Crippen LogP contribution in [0, 0.1) is 6.92 Å². The maximum atomic E-state index is 13.1. The lowest BCUT2D eigenvalue weighted by molar-refractivity contribution is 0.131. The second-order valence-electron chi connectivity index (χ2n) is 6.82. The van der Waals surface area contributed by atoms with Crippen LogP contribution in [0.25, 0.3) is 10.9 Å². The molecule has 1 aliphatic heterocycles. The molecule has 1 aromatic carbocycles. The molecule has 5 nitrogen and oxygen atoms in total. The van der Waals surface area contributed by atoms with Crippen molar-refractivity contribution in [2.45, 2.75) is 33.7 Å². The average molecular weight is 343 g/mol. The number of rotatable bonds is 6. The number of likely N-dealkylation sites (N-methyl/N-ethyl adjacent to an activating group) is 1. The maximum Gasteiger partial charge on any atom is 0.194 e. The van der Waals surface area contributed by atoms with Crippen molar-refractivity contribution in [2.24, 2.45) is 0 Å². The Morgan fingerprint density at radius 3 is 2.52 bits per heavy atom. The number of H-pyrrole nitrogens is 1. The summed E-state index contributed by atoms with van der Waals surface area (Å²) in [6.45, 7) is 13.0. The number of nitrogens with one attached hydrogen (secondary N) is 1. The van der Waals surface area contributed by atoms with Crippen molar-refractivity contribution >= 4 is 10.9 Å². The lowest BCUT2D eigenvalue weighted by Crippen LogP contribution is -2.46. The molecule has 0 saturated carbocycles. The molecule has 5 heteroatoms. The lowest BCUT2D eigenvalue weighted by atomic mass is 10.1. The molecular formula is C20H29N3O2. The quantitative estimate of drug-likeness (QED) is 0.876. The van der Waals surface area contributed by atoms with Gasteiger partial charge in [-0.1, -0.05) is 13.8 Å². The maximum absolute atomic E-state index is 13.1. The highest BCUT2D eigenvalue weighted by Gasteiger charge is 2.18. The minimum atomic E-state index is 0.131. The van der Waals surface area contributed by atoms with Gasteiger partial charge < -0.3 is 14.6 Å². The van der Waals surface area contributed by atoms with Gasteiger partial charge in [-0.25, -0.2) is 0 Å². The molecule has 2 heterocycles. The SMILES string of the molecule is CCCOc1ccc2[nH]c(C)c(CN3CCN(CC)CC3)c(=O)c2c1. The Bertz CT molecular complexity index is 776. The highest BCUT2D eigenvalue weighted by molar-refractivity contribution is 5.81. The van der Waals surface area contributed by atoms with E-state index in [0.717, 1.165) is 67.1 Å². The van der Waals surface area contributed by atoms with Crippen LogP contribution in [0.4, 0.5) is 0 Å². The van der Waals surface area contributed by atoms with Crippen LogP contribution in [0.5, 0.6) is 5.75 Å². The second-order valence-corrected chi connectivity index (χ2v) is 6.82. The Balaban J connectivity index is 1.86. The molecule has 0 bridgehead atoms. The lowest BCUT2D eigenvalue weighted by Gasteiger charge is -2.34. The molecular weight excluding hydrogens is 314 g/mol. The van der Waals surface area contributed by atoms with E-state index in [1.54, 1.807) is 0 Å². The van der Waals surface area contributed by atoms with Crippen molar-refractivity contribution < 1.29 is 4.74 Å². The molecule has 0 amide bonds. The number of ether oxygens (including phenoxy) is 1. The molecule has 0 atom stereocenters. The monoisotopic (exact) mass is 343 g/mol. The fourth-order valence-corrected chi connectivity index (χ4v) is 3.42. The van der Waals surface area contributed by atoms with Crippen LogP contribution in [-0.4, -0.2) is 54.1 Å². The Morgan fingerprint density at radius 1 is 1.12 bits per heavy atom. The van der Waals surface area contributed by atoms with Crippen LogP contribution in [-0.2, 0) is 6.54 Å². The molecule has 1 aromatic heterocycles. The van der Waals surface area contributed by atoms with Crippen molar-refractivity contribution in [1.82, 2.24) is 14.8 Å². The summed E-state index contributed by atoms with van der Waals surface area (Å²) in [4.78, 5) is 21.3. The minimum Gasteiger partial charge on any atom is -0.494 e. The topological polar surface area (TPSA) is 48.6 Å². The van der Waals surface area contributed by atoms with Gasteiger partial charge in [0.25, 0.3) is 0 Å². The fourth-order valence-electron chi connectivity index (χ4n) is 3.42. The third kappa shape index (κ3) is 4.05. The molecule has 2 aromatic rings. The molecule has 1 N–H and O–H groups in total. The fraction of sp³-hybridized carbons (Fsp3) is 0.550. The smallest absolute Gasteiger partial charge is 0.194 e. The normalized spacial score (nSPS) is 16.4. The van der Waals surface area contributed by atoms with Gasteiger partial charge in [0.1, 0.15) is 5.75 Å². The van der Waals surface area contributed by atoms with Crippen molar-refractivity contribution in [3.63, 3.8) is 0 Å². The van der Waals surface area contributed by atoms with Gasteiger partial charge in [0.05, 0.1) is 6.61 Å². The Morgan fingerprint density at radius 2 is 1.84 bits per heavy atom. The molecule has 0 radical (unpaired) electrons. The van der Waals surface area contributed by atoms with E-state index in [2.05, 4.69) is 28.6 Å². The predicted octanol–water partition coefficient (Wildman–Crippen LogP) is 2.76. The summed E-state index contributed by atoms with van der Waals surface area (Å²) in [5, 5.41) is 0.724. The Hall–Kier alpha value is -1.85. The number of piperazine rings is 1. The van der Waals surface area contributed by atoms with E-state index < -0.39 is 0 Å². The summed E-state index contributed by atoms with van der Waals surface area (Å²) in [6.07, 6.45) is 0.956. The number of aryl methyl sites for hydroxylation is 1. The van der Waals surface area contributed by atoms with Gasteiger partial charge in [-0.05, 0) is 38.1 Å². The summed E-state index contributed by atoms with van der Waals surface area (Å²) in [6, 6.07) is 5.75. The van der Waals surface area contributed by atoms with Crippen LogP contribution in [0.2, 0.25) is 0 Å². The van der Waals surface area contributed by atoms with Gasteiger partial charge in [0, 0.05) is 54.9 Å². The van der Waals surface area contributed by atoms with E-state index in [-0.39, 0.29) is 5.43 Å². The number of hydrogen-bond acceptors (Lipinski definition) is 4. The van der Waals surface area contributed by atoms with Gasteiger partial charge in [-0.3, -0.25) is 9.69 Å². The van der Waals surface area contributed by atoms with Gasteiger partial charge in [0.2, 0.25) is 0 Å². The zero-order chi connectivity index (χ0) is 17.8. The first-order valence-electron chi connectivity index (χ1n) is 9.35. The largest absolute Gasteiger partial charge is 0.494 e. The number of pyridine rings is 1. The number of hydrogen-bond donors (Lipinski definition) is 1. The number of fused-ring (bicyclic) bond motifs is 1.